The third-order valence-corrected chi connectivity index (χ3v) is 5.98. The summed E-state index contributed by atoms with van der Waals surface area (Å²) in [7, 11) is 0. The summed E-state index contributed by atoms with van der Waals surface area (Å²) in [6.07, 6.45) is 1.50. The van der Waals surface area contributed by atoms with Gasteiger partial charge < -0.3 is 16.0 Å². The van der Waals surface area contributed by atoms with Crippen molar-refractivity contribution in [1.82, 2.24) is 9.78 Å². The van der Waals surface area contributed by atoms with Crippen molar-refractivity contribution < 1.29 is 9.59 Å². The molecule has 2 heterocycles. The molecule has 174 valence electrons. The Labute approximate surface area is 207 Å². The van der Waals surface area contributed by atoms with Crippen LogP contribution in [0.4, 0.5) is 17.2 Å². The Bertz CT molecular complexity index is 1430. The molecule has 0 aliphatic carbocycles. The first kappa shape index (κ1) is 22.4. The third-order valence-electron chi connectivity index (χ3n) is 5.74. The van der Waals surface area contributed by atoms with Gasteiger partial charge in [-0.1, -0.05) is 60.1 Å². The lowest BCUT2D eigenvalue weighted by Gasteiger charge is -2.30. The minimum atomic E-state index is -0.591. The van der Waals surface area contributed by atoms with E-state index in [9.17, 15) is 9.59 Å². The van der Waals surface area contributed by atoms with Gasteiger partial charge in [0.15, 0.2) is 0 Å². The zero-order valence-corrected chi connectivity index (χ0v) is 19.6. The van der Waals surface area contributed by atoms with Gasteiger partial charge in [0.1, 0.15) is 17.4 Å². The highest BCUT2D eigenvalue weighted by Gasteiger charge is 2.35. The highest BCUT2D eigenvalue weighted by atomic mass is 35.5. The standard InChI is InChI=1S/C27H22ClN5O2/c1-17-23(27(35)32-21-13-6-3-7-14-21)24(18-9-8-10-19(28)15-18)33-25(30-17)22(16-29-33)26(34)31-20-11-4-2-5-12-20/h2-16,24,30H,1H3,(H,31,34)(H,32,35)/t24-/m1/s1. The van der Waals surface area contributed by atoms with Gasteiger partial charge in [-0.3, -0.25) is 9.59 Å². The number of aromatic nitrogens is 2. The van der Waals surface area contributed by atoms with Gasteiger partial charge in [-0.05, 0) is 48.9 Å². The summed E-state index contributed by atoms with van der Waals surface area (Å²) in [4.78, 5) is 26.6. The van der Waals surface area contributed by atoms with Gasteiger partial charge in [-0.15, -0.1) is 0 Å². The maximum Gasteiger partial charge on any atom is 0.261 e. The molecule has 0 saturated heterocycles. The molecule has 0 bridgehead atoms. The van der Waals surface area contributed by atoms with Crippen LogP contribution in [0.3, 0.4) is 0 Å². The van der Waals surface area contributed by atoms with Crippen LogP contribution in [0.1, 0.15) is 28.9 Å². The number of para-hydroxylation sites is 2. The number of hydrogen-bond acceptors (Lipinski definition) is 4. The first-order valence-corrected chi connectivity index (χ1v) is 11.4. The van der Waals surface area contributed by atoms with Crippen LogP contribution in [-0.2, 0) is 4.79 Å². The number of hydrogen-bond donors (Lipinski definition) is 3. The predicted octanol–water partition coefficient (Wildman–Crippen LogP) is 5.72. The SMILES string of the molecule is CC1=C(C(=O)Nc2ccccc2)[C@@H](c2cccc(Cl)c2)n2ncc(C(=O)Nc3ccccc3)c2N1. The van der Waals surface area contributed by atoms with E-state index in [4.69, 9.17) is 11.6 Å². The summed E-state index contributed by atoms with van der Waals surface area (Å²) < 4.78 is 1.65. The molecule has 4 aromatic rings. The number of fused-ring (bicyclic) bond motifs is 1. The Morgan fingerprint density at radius 3 is 2.14 bits per heavy atom. The summed E-state index contributed by atoms with van der Waals surface area (Å²) in [5, 5.41) is 14.1. The van der Waals surface area contributed by atoms with E-state index < -0.39 is 6.04 Å². The normalized spacial score (nSPS) is 14.6. The van der Waals surface area contributed by atoms with Crippen molar-refractivity contribution in [3.05, 3.63) is 119 Å². The molecule has 8 heteroatoms. The average Bonchev–Trinajstić information content (AvgIpc) is 3.28. The number of nitrogens with one attached hydrogen (secondary N) is 3. The Hall–Kier alpha value is -4.36. The first-order chi connectivity index (χ1) is 17.0. The second-order valence-electron chi connectivity index (χ2n) is 8.11. The highest BCUT2D eigenvalue weighted by Crippen LogP contribution is 2.38. The van der Waals surface area contributed by atoms with Crippen molar-refractivity contribution in [3.8, 4) is 0 Å². The van der Waals surface area contributed by atoms with Crippen molar-refractivity contribution in [2.45, 2.75) is 13.0 Å². The average molecular weight is 484 g/mol. The molecule has 3 aromatic carbocycles. The smallest absolute Gasteiger partial charge is 0.261 e. The van der Waals surface area contributed by atoms with Gasteiger partial charge in [0, 0.05) is 22.1 Å². The van der Waals surface area contributed by atoms with Crippen molar-refractivity contribution in [1.29, 1.82) is 0 Å². The maximum atomic E-state index is 13.5. The van der Waals surface area contributed by atoms with E-state index in [-0.39, 0.29) is 11.8 Å². The molecule has 0 fully saturated rings. The lowest BCUT2D eigenvalue weighted by atomic mass is 9.94. The van der Waals surface area contributed by atoms with E-state index >= 15 is 0 Å². The second kappa shape index (κ2) is 9.48. The van der Waals surface area contributed by atoms with Crippen molar-refractivity contribution in [3.63, 3.8) is 0 Å². The van der Waals surface area contributed by atoms with E-state index in [2.05, 4.69) is 21.0 Å². The lowest BCUT2D eigenvalue weighted by molar-refractivity contribution is -0.113. The number of anilines is 3. The fraction of sp³-hybridized carbons (Fsp3) is 0.0741. The number of carbonyl (C=O) groups is 2. The van der Waals surface area contributed by atoms with Gasteiger partial charge in [-0.2, -0.15) is 5.10 Å². The van der Waals surface area contributed by atoms with E-state index in [1.165, 1.54) is 6.20 Å². The number of nitrogens with zero attached hydrogens (tertiary/aromatic N) is 2. The van der Waals surface area contributed by atoms with Gasteiger partial charge in [0.25, 0.3) is 11.8 Å². The molecular weight excluding hydrogens is 462 g/mol. The molecule has 0 saturated carbocycles. The molecule has 1 aliphatic heterocycles. The van der Waals surface area contributed by atoms with Crippen LogP contribution in [0.2, 0.25) is 5.02 Å². The van der Waals surface area contributed by atoms with Crippen LogP contribution in [-0.4, -0.2) is 21.6 Å². The van der Waals surface area contributed by atoms with Crippen LogP contribution >= 0.6 is 11.6 Å². The molecule has 7 nitrogen and oxygen atoms in total. The quantitative estimate of drug-likeness (QED) is 0.339. The van der Waals surface area contributed by atoms with Crippen molar-refractivity contribution in [2.75, 3.05) is 16.0 Å². The fourth-order valence-corrected chi connectivity index (χ4v) is 4.34. The Kier molecular flexibility index (Phi) is 6.08. The summed E-state index contributed by atoms with van der Waals surface area (Å²) in [5.74, 6) is -0.0837. The van der Waals surface area contributed by atoms with E-state index in [1.54, 1.807) is 16.8 Å². The molecular formula is C27H22ClN5O2. The topological polar surface area (TPSA) is 88.0 Å². The second-order valence-corrected chi connectivity index (χ2v) is 8.55. The van der Waals surface area contributed by atoms with E-state index in [1.807, 2.05) is 79.7 Å². The third kappa shape index (κ3) is 4.54. The summed E-state index contributed by atoms with van der Waals surface area (Å²) >= 11 is 6.30. The van der Waals surface area contributed by atoms with Crippen LogP contribution < -0.4 is 16.0 Å². The molecule has 1 atom stereocenters. The Balaban J connectivity index is 1.55. The molecule has 1 aromatic heterocycles. The Morgan fingerprint density at radius 1 is 0.886 bits per heavy atom. The maximum absolute atomic E-state index is 13.5. The number of allylic oxidation sites excluding steroid dienone is 1. The molecule has 0 spiro atoms. The van der Waals surface area contributed by atoms with Crippen LogP contribution in [0.25, 0.3) is 0 Å². The first-order valence-electron chi connectivity index (χ1n) is 11.0. The molecule has 5 rings (SSSR count). The highest BCUT2D eigenvalue weighted by molar-refractivity contribution is 6.30. The molecule has 35 heavy (non-hydrogen) atoms. The molecule has 0 radical (unpaired) electrons. The van der Waals surface area contributed by atoms with E-state index in [0.717, 1.165) is 5.56 Å². The van der Waals surface area contributed by atoms with E-state index in [0.29, 0.717) is 39.0 Å². The van der Waals surface area contributed by atoms with Crippen LogP contribution in [0, 0.1) is 0 Å². The van der Waals surface area contributed by atoms with Crippen molar-refractivity contribution >= 4 is 40.6 Å². The molecule has 1 aliphatic rings. The van der Waals surface area contributed by atoms with Gasteiger partial charge in [-0.25, -0.2) is 4.68 Å². The van der Waals surface area contributed by atoms with Gasteiger partial charge >= 0.3 is 0 Å². The number of rotatable bonds is 5. The van der Waals surface area contributed by atoms with Crippen LogP contribution in [0.5, 0.6) is 0 Å². The van der Waals surface area contributed by atoms with Crippen molar-refractivity contribution in [2.24, 2.45) is 0 Å². The molecule has 0 unspecified atom stereocenters. The minimum absolute atomic E-state index is 0.275. The summed E-state index contributed by atoms with van der Waals surface area (Å²) in [6, 6.07) is 25.1. The summed E-state index contributed by atoms with van der Waals surface area (Å²) in [6.45, 7) is 1.81. The van der Waals surface area contributed by atoms with Gasteiger partial charge in [0.2, 0.25) is 0 Å². The molecule has 2 amide bonds. The Morgan fingerprint density at radius 2 is 1.51 bits per heavy atom. The summed E-state index contributed by atoms with van der Waals surface area (Å²) in [5.41, 5.74) is 3.58. The predicted molar refractivity (Wildman–Crippen MR) is 138 cm³/mol. The fourth-order valence-electron chi connectivity index (χ4n) is 4.14. The van der Waals surface area contributed by atoms with Gasteiger partial charge in [0.05, 0.1) is 11.8 Å². The largest absolute Gasteiger partial charge is 0.343 e. The lowest BCUT2D eigenvalue weighted by Crippen LogP contribution is -2.32. The minimum Gasteiger partial charge on any atom is -0.343 e. The number of carbonyl (C=O) groups excluding carboxylic acids is 2. The number of halogens is 1. The van der Waals surface area contributed by atoms with Crippen LogP contribution in [0.15, 0.2) is 102 Å². The monoisotopic (exact) mass is 483 g/mol. The zero-order chi connectivity index (χ0) is 24.4. The zero-order valence-electron chi connectivity index (χ0n) is 18.8. The number of amides is 2. The molecule has 3 N–H and O–H groups in total. The number of benzene rings is 3.